The number of piperazine rings is 1. The van der Waals surface area contributed by atoms with Gasteiger partial charge in [0.25, 0.3) is 0 Å². The molecule has 0 saturated carbocycles. The molecule has 2 aromatic carbocycles. The first-order chi connectivity index (χ1) is 13.3. The van der Waals surface area contributed by atoms with Crippen LogP contribution < -0.4 is 9.64 Å². The number of hydrogen-bond acceptors (Lipinski definition) is 4. The molecule has 0 aromatic heterocycles. The number of anilines is 1. The predicted octanol–water partition coefficient (Wildman–Crippen LogP) is 4.57. The number of amides is 1. The number of carbonyl (C=O) groups excluding carboxylic acids is 1. The zero-order chi connectivity index (χ0) is 19.5. The first kappa shape index (κ1) is 20.6. The molecule has 0 radical (unpaired) electrons. The van der Waals surface area contributed by atoms with Crippen LogP contribution in [0.2, 0.25) is 0 Å². The third-order valence-electron chi connectivity index (χ3n) is 4.24. The van der Waals surface area contributed by atoms with E-state index >= 15 is 0 Å². The van der Waals surface area contributed by atoms with Crippen LogP contribution in [0.1, 0.15) is 26.3 Å². The second kappa shape index (κ2) is 11.1. The summed E-state index contributed by atoms with van der Waals surface area (Å²) in [4.78, 5) is 16.3. The maximum absolute atomic E-state index is 12.2. The minimum absolute atomic E-state index is 0.244. The van der Waals surface area contributed by atoms with Gasteiger partial charge in [0.1, 0.15) is 12.4 Å². The Labute approximate surface area is 162 Å². The average molecular weight is 370 g/mol. The van der Waals surface area contributed by atoms with Gasteiger partial charge in [-0.15, -0.1) is 0 Å². The van der Waals surface area contributed by atoms with E-state index < -0.39 is 0 Å². The fourth-order valence-electron chi connectivity index (χ4n) is 2.89. The van der Waals surface area contributed by atoms with E-state index in [0.717, 1.165) is 30.1 Å². The number of rotatable bonds is 5. The smallest absolute Gasteiger partial charge is 0.410 e. The van der Waals surface area contributed by atoms with Gasteiger partial charge in [-0.05, 0) is 24.6 Å². The summed E-state index contributed by atoms with van der Waals surface area (Å²) in [6.07, 6.45) is -0.244. The average Bonchev–Trinajstić information content (AvgIpc) is 2.75. The molecule has 0 unspecified atom stereocenters. The summed E-state index contributed by atoms with van der Waals surface area (Å²) in [7, 11) is 0. The van der Waals surface area contributed by atoms with E-state index in [1.54, 1.807) is 4.90 Å². The lowest BCUT2D eigenvalue weighted by atomic mass is 10.2. The summed E-state index contributed by atoms with van der Waals surface area (Å²) in [6.45, 7) is 9.85. The summed E-state index contributed by atoms with van der Waals surface area (Å²) in [5.74, 6) is 0.879. The first-order valence-electron chi connectivity index (χ1n) is 9.69. The van der Waals surface area contributed by atoms with Gasteiger partial charge in [0.15, 0.2) is 0 Å². The highest BCUT2D eigenvalue weighted by Crippen LogP contribution is 2.22. The molecular formula is C22H30N2O3. The SMILES string of the molecule is CC.CCOc1cccc(N2CCN(C(=O)OCc3ccccc3)CC2)c1. The maximum atomic E-state index is 12.2. The molecule has 0 spiro atoms. The van der Waals surface area contributed by atoms with Gasteiger partial charge < -0.3 is 19.3 Å². The second-order valence-electron chi connectivity index (χ2n) is 5.94. The Kier molecular flexibility index (Phi) is 8.49. The van der Waals surface area contributed by atoms with Gasteiger partial charge in [-0.25, -0.2) is 4.79 Å². The highest BCUT2D eigenvalue weighted by Gasteiger charge is 2.22. The van der Waals surface area contributed by atoms with Crippen molar-refractivity contribution in [1.29, 1.82) is 0 Å². The van der Waals surface area contributed by atoms with E-state index in [0.29, 0.717) is 26.3 Å². The zero-order valence-electron chi connectivity index (χ0n) is 16.6. The van der Waals surface area contributed by atoms with Crippen molar-refractivity contribution >= 4 is 11.8 Å². The number of benzene rings is 2. The molecule has 146 valence electrons. The molecule has 27 heavy (non-hydrogen) atoms. The Bertz CT molecular complexity index is 683. The van der Waals surface area contributed by atoms with Crippen molar-refractivity contribution in [2.75, 3.05) is 37.7 Å². The Morgan fingerprint density at radius 3 is 2.33 bits per heavy atom. The highest BCUT2D eigenvalue weighted by molar-refractivity contribution is 5.68. The largest absolute Gasteiger partial charge is 0.494 e. The van der Waals surface area contributed by atoms with Crippen molar-refractivity contribution < 1.29 is 14.3 Å². The lowest BCUT2D eigenvalue weighted by Gasteiger charge is -2.35. The van der Waals surface area contributed by atoms with E-state index in [2.05, 4.69) is 11.0 Å². The number of carbonyl (C=O) groups is 1. The highest BCUT2D eigenvalue weighted by atomic mass is 16.6. The van der Waals surface area contributed by atoms with Gasteiger partial charge in [0.05, 0.1) is 6.61 Å². The maximum Gasteiger partial charge on any atom is 0.410 e. The van der Waals surface area contributed by atoms with Crippen molar-refractivity contribution in [3.05, 3.63) is 60.2 Å². The lowest BCUT2D eigenvalue weighted by Crippen LogP contribution is -2.48. The first-order valence-corrected chi connectivity index (χ1v) is 9.69. The van der Waals surface area contributed by atoms with Crippen LogP contribution in [0, 0.1) is 0 Å². The Hall–Kier alpha value is -2.69. The van der Waals surface area contributed by atoms with Gasteiger partial charge in [0.2, 0.25) is 0 Å². The topological polar surface area (TPSA) is 42.0 Å². The van der Waals surface area contributed by atoms with Crippen molar-refractivity contribution in [2.45, 2.75) is 27.4 Å². The van der Waals surface area contributed by atoms with Gasteiger partial charge in [0, 0.05) is 37.9 Å². The van der Waals surface area contributed by atoms with Crippen molar-refractivity contribution in [1.82, 2.24) is 4.90 Å². The summed E-state index contributed by atoms with van der Waals surface area (Å²) in [6, 6.07) is 17.8. The van der Waals surface area contributed by atoms with Crippen molar-refractivity contribution in [3.8, 4) is 5.75 Å². The van der Waals surface area contributed by atoms with Crippen LogP contribution in [0.3, 0.4) is 0 Å². The van der Waals surface area contributed by atoms with Crippen LogP contribution in [-0.2, 0) is 11.3 Å². The number of hydrogen-bond donors (Lipinski definition) is 0. The second-order valence-corrected chi connectivity index (χ2v) is 5.94. The normalized spacial score (nSPS) is 13.4. The summed E-state index contributed by atoms with van der Waals surface area (Å²) < 4.78 is 11.0. The monoisotopic (exact) mass is 370 g/mol. The van der Waals surface area contributed by atoms with Crippen LogP contribution in [0.25, 0.3) is 0 Å². The summed E-state index contributed by atoms with van der Waals surface area (Å²) >= 11 is 0. The predicted molar refractivity (Wildman–Crippen MR) is 109 cm³/mol. The van der Waals surface area contributed by atoms with Crippen LogP contribution >= 0.6 is 0 Å². The Morgan fingerprint density at radius 1 is 0.963 bits per heavy atom. The van der Waals surface area contributed by atoms with Gasteiger partial charge >= 0.3 is 6.09 Å². The molecular weight excluding hydrogens is 340 g/mol. The van der Waals surface area contributed by atoms with Gasteiger partial charge in [-0.1, -0.05) is 50.2 Å². The molecule has 1 amide bonds. The third-order valence-corrected chi connectivity index (χ3v) is 4.24. The quantitative estimate of drug-likeness (QED) is 0.773. The molecule has 1 aliphatic rings. The van der Waals surface area contributed by atoms with E-state index in [4.69, 9.17) is 9.47 Å². The Balaban J connectivity index is 0.00000126. The molecule has 5 heteroatoms. The molecule has 3 rings (SSSR count). The van der Waals surface area contributed by atoms with Crippen LogP contribution in [0.15, 0.2) is 54.6 Å². The van der Waals surface area contributed by atoms with Gasteiger partial charge in [-0.3, -0.25) is 0 Å². The van der Waals surface area contributed by atoms with Crippen molar-refractivity contribution in [2.24, 2.45) is 0 Å². The van der Waals surface area contributed by atoms with E-state index in [-0.39, 0.29) is 6.09 Å². The fraction of sp³-hybridized carbons (Fsp3) is 0.409. The standard InChI is InChI=1S/C20H24N2O3.C2H6/c1-2-24-19-10-6-9-18(15-19)21-11-13-22(14-12-21)20(23)25-16-17-7-4-3-5-8-17;1-2/h3-10,15H,2,11-14,16H2,1H3;1-2H3. The van der Waals surface area contributed by atoms with Crippen molar-refractivity contribution in [3.63, 3.8) is 0 Å². The molecule has 0 aliphatic carbocycles. The fourth-order valence-corrected chi connectivity index (χ4v) is 2.89. The summed E-state index contributed by atoms with van der Waals surface area (Å²) in [5.41, 5.74) is 2.13. The molecule has 5 nitrogen and oxygen atoms in total. The molecule has 0 atom stereocenters. The molecule has 1 saturated heterocycles. The van der Waals surface area contributed by atoms with Crippen LogP contribution in [0.4, 0.5) is 10.5 Å². The molecule has 1 aliphatic heterocycles. The minimum atomic E-state index is -0.244. The Morgan fingerprint density at radius 2 is 1.67 bits per heavy atom. The summed E-state index contributed by atoms with van der Waals surface area (Å²) in [5, 5.41) is 0. The molecule has 1 heterocycles. The number of ether oxygens (including phenoxy) is 2. The minimum Gasteiger partial charge on any atom is -0.494 e. The molecule has 0 bridgehead atoms. The van der Waals surface area contributed by atoms with E-state index in [9.17, 15) is 4.79 Å². The third kappa shape index (κ3) is 6.20. The molecule has 0 N–H and O–H groups in total. The van der Waals surface area contributed by atoms with Crippen LogP contribution in [-0.4, -0.2) is 43.8 Å². The zero-order valence-corrected chi connectivity index (χ0v) is 16.6. The van der Waals surface area contributed by atoms with Crippen LogP contribution in [0.5, 0.6) is 5.75 Å². The molecule has 1 fully saturated rings. The lowest BCUT2D eigenvalue weighted by molar-refractivity contribution is 0.0942. The molecule has 2 aromatic rings. The van der Waals surface area contributed by atoms with Gasteiger partial charge in [-0.2, -0.15) is 0 Å². The van der Waals surface area contributed by atoms with E-state index in [1.165, 1.54) is 0 Å². The number of nitrogens with zero attached hydrogens (tertiary/aromatic N) is 2. The van der Waals surface area contributed by atoms with E-state index in [1.807, 2.05) is 69.3 Å².